The molecule has 0 spiro atoms. The van der Waals surface area contributed by atoms with Crippen LogP contribution in [0.25, 0.3) is 0 Å². The lowest BCUT2D eigenvalue weighted by Crippen LogP contribution is -2.21. The number of hydrogen-bond donors (Lipinski definition) is 1. The minimum absolute atomic E-state index is 0.00958. The minimum atomic E-state index is -0.464. The number of aryl methyl sites for hydroxylation is 1. The highest BCUT2D eigenvalue weighted by Crippen LogP contribution is 2.50. The van der Waals surface area contributed by atoms with E-state index >= 15 is 0 Å². The van der Waals surface area contributed by atoms with E-state index in [-0.39, 0.29) is 12.5 Å². The number of fused-ring (bicyclic) bond motifs is 1. The van der Waals surface area contributed by atoms with Gasteiger partial charge in [-0.05, 0) is 26.8 Å². The molecule has 0 fully saturated rings. The molecule has 0 amide bonds. The quantitative estimate of drug-likeness (QED) is 0.787. The molecule has 0 radical (unpaired) electrons. The van der Waals surface area contributed by atoms with Crippen molar-refractivity contribution in [2.45, 2.75) is 26.7 Å². The number of carbonyl (C=O) groups is 1. The van der Waals surface area contributed by atoms with Crippen LogP contribution in [-0.4, -0.2) is 19.2 Å². The lowest BCUT2D eigenvalue weighted by atomic mass is 9.87. The van der Waals surface area contributed by atoms with Gasteiger partial charge in [0, 0.05) is 10.4 Å². The number of nitriles is 1. The number of carbonyl (C=O) groups excluding carboxylic acids is 1. The first-order valence-electron chi connectivity index (χ1n) is 8.63. The summed E-state index contributed by atoms with van der Waals surface area (Å²) in [6, 6.07) is 9.66. The largest absolute Gasteiger partial charge is 0.494 e. The monoisotopic (exact) mass is 384 g/mol. The van der Waals surface area contributed by atoms with Crippen LogP contribution in [0.2, 0.25) is 0 Å². The van der Waals surface area contributed by atoms with Gasteiger partial charge in [0.1, 0.15) is 23.0 Å². The molecule has 0 bridgehead atoms. The van der Waals surface area contributed by atoms with Gasteiger partial charge in [-0.1, -0.05) is 18.2 Å². The molecule has 1 aliphatic heterocycles. The standard InChI is InChI=1S/C20H20N2O4S/c1-4-24-14-9-7-6-8-12(14)16-13(10-21)19(22)26-17-15(20(23)25-5-2)11(3)27-18(16)17/h6-9,16H,4-5,22H2,1-3H3. The highest BCUT2D eigenvalue weighted by atomic mass is 32.1. The Labute approximate surface area is 161 Å². The number of nitrogens with two attached hydrogens (primary N) is 1. The molecule has 1 atom stereocenters. The molecule has 2 aromatic rings. The summed E-state index contributed by atoms with van der Waals surface area (Å²) in [6.07, 6.45) is 0. The Morgan fingerprint density at radius 2 is 2.07 bits per heavy atom. The fraction of sp³-hybridized carbons (Fsp3) is 0.300. The van der Waals surface area contributed by atoms with Crippen molar-refractivity contribution in [3.8, 4) is 17.6 Å². The molecular weight excluding hydrogens is 364 g/mol. The van der Waals surface area contributed by atoms with Gasteiger partial charge in [-0.15, -0.1) is 11.3 Å². The second-order valence-corrected chi connectivity index (χ2v) is 7.10. The fourth-order valence-corrected chi connectivity index (χ4v) is 4.34. The number of thiophene rings is 1. The molecule has 0 aliphatic carbocycles. The van der Waals surface area contributed by atoms with E-state index in [2.05, 4.69) is 6.07 Å². The number of benzene rings is 1. The van der Waals surface area contributed by atoms with Crippen molar-refractivity contribution in [3.63, 3.8) is 0 Å². The van der Waals surface area contributed by atoms with Crippen LogP contribution < -0.4 is 15.2 Å². The number of hydrogen-bond acceptors (Lipinski definition) is 7. The smallest absolute Gasteiger partial charge is 0.343 e. The Morgan fingerprint density at radius 3 is 2.74 bits per heavy atom. The molecule has 2 N–H and O–H groups in total. The third-order valence-electron chi connectivity index (χ3n) is 4.22. The van der Waals surface area contributed by atoms with Gasteiger partial charge in [0.2, 0.25) is 5.88 Å². The molecule has 1 aliphatic rings. The summed E-state index contributed by atoms with van der Waals surface area (Å²) in [5.74, 6) is 0.0986. The average molecular weight is 384 g/mol. The first-order chi connectivity index (χ1) is 13.0. The van der Waals surface area contributed by atoms with E-state index in [9.17, 15) is 10.1 Å². The number of rotatable bonds is 5. The molecule has 2 heterocycles. The van der Waals surface area contributed by atoms with Crippen LogP contribution >= 0.6 is 11.3 Å². The zero-order valence-corrected chi connectivity index (χ0v) is 16.2. The summed E-state index contributed by atoms with van der Waals surface area (Å²) in [5.41, 5.74) is 7.52. The van der Waals surface area contributed by atoms with E-state index in [1.54, 1.807) is 6.92 Å². The van der Waals surface area contributed by atoms with Gasteiger partial charge in [0.05, 0.1) is 24.0 Å². The van der Waals surface area contributed by atoms with E-state index in [1.165, 1.54) is 11.3 Å². The molecular formula is C20H20N2O4S. The van der Waals surface area contributed by atoms with Crippen molar-refractivity contribution in [2.75, 3.05) is 13.2 Å². The van der Waals surface area contributed by atoms with Crippen LogP contribution in [0, 0.1) is 18.3 Å². The summed E-state index contributed by atoms with van der Waals surface area (Å²) in [6.45, 7) is 6.22. The zero-order valence-electron chi connectivity index (χ0n) is 15.4. The number of para-hydroxylation sites is 1. The van der Waals surface area contributed by atoms with E-state index in [0.717, 1.165) is 15.3 Å². The zero-order chi connectivity index (χ0) is 19.6. The minimum Gasteiger partial charge on any atom is -0.494 e. The highest BCUT2D eigenvalue weighted by molar-refractivity contribution is 7.12. The van der Waals surface area contributed by atoms with E-state index in [4.69, 9.17) is 19.9 Å². The van der Waals surface area contributed by atoms with Gasteiger partial charge < -0.3 is 19.9 Å². The molecule has 3 rings (SSSR count). The predicted octanol–water partition coefficient (Wildman–Crippen LogP) is 3.85. The topological polar surface area (TPSA) is 94.6 Å². The molecule has 1 aromatic carbocycles. The molecule has 0 saturated heterocycles. The molecule has 6 nitrogen and oxygen atoms in total. The molecule has 0 saturated carbocycles. The second-order valence-electron chi connectivity index (χ2n) is 5.84. The van der Waals surface area contributed by atoms with Crippen LogP contribution in [0.5, 0.6) is 11.5 Å². The first-order valence-corrected chi connectivity index (χ1v) is 9.44. The normalized spacial score (nSPS) is 15.6. The van der Waals surface area contributed by atoms with Gasteiger partial charge >= 0.3 is 5.97 Å². The van der Waals surface area contributed by atoms with Crippen LogP contribution in [0.4, 0.5) is 0 Å². The Kier molecular flexibility index (Phi) is 5.38. The van der Waals surface area contributed by atoms with Crippen LogP contribution in [0.1, 0.15) is 45.4 Å². The Balaban J connectivity index is 2.23. The van der Waals surface area contributed by atoms with Gasteiger partial charge in [-0.2, -0.15) is 5.26 Å². The van der Waals surface area contributed by atoms with E-state index in [1.807, 2.05) is 38.1 Å². The Hall–Kier alpha value is -2.98. The SMILES string of the molecule is CCOC(=O)c1c(C)sc2c1OC(N)=C(C#N)C2c1ccccc1OCC. The maximum atomic E-state index is 12.4. The van der Waals surface area contributed by atoms with Crippen LogP contribution in [0.3, 0.4) is 0 Å². The fourth-order valence-electron chi connectivity index (χ4n) is 3.14. The average Bonchev–Trinajstić information content (AvgIpc) is 2.97. The molecule has 27 heavy (non-hydrogen) atoms. The Bertz CT molecular complexity index is 955. The van der Waals surface area contributed by atoms with Crippen molar-refractivity contribution < 1.29 is 19.0 Å². The summed E-state index contributed by atoms with van der Waals surface area (Å²) < 4.78 is 16.6. The van der Waals surface area contributed by atoms with Crippen molar-refractivity contribution >= 4 is 17.3 Å². The molecule has 1 unspecified atom stereocenters. The van der Waals surface area contributed by atoms with E-state index < -0.39 is 11.9 Å². The molecule has 1 aromatic heterocycles. The number of ether oxygens (including phenoxy) is 3. The van der Waals surface area contributed by atoms with Crippen LogP contribution in [-0.2, 0) is 4.74 Å². The van der Waals surface area contributed by atoms with Crippen molar-refractivity contribution in [2.24, 2.45) is 5.73 Å². The molecule has 7 heteroatoms. The summed E-state index contributed by atoms with van der Waals surface area (Å²) in [4.78, 5) is 13.9. The van der Waals surface area contributed by atoms with Crippen molar-refractivity contribution in [1.82, 2.24) is 0 Å². The predicted molar refractivity (Wildman–Crippen MR) is 102 cm³/mol. The van der Waals surface area contributed by atoms with Crippen molar-refractivity contribution in [3.05, 3.63) is 56.6 Å². The van der Waals surface area contributed by atoms with Crippen LogP contribution in [0.15, 0.2) is 35.7 Å². The van der Waals surface area contributed by atoms with Gasteiger partial charge in [0.15, 0.2) is 5.75 Å². The summed E-state index contributed by atoms with van der Waals surface area (Å²) >= 11 is 1.40. The molecule has 140 valence electrons. The number of esters is 1. The van der Waals surface area contributed by atoms with Gasteiger partial charge in [-0.25, -0.2) is 4.79 Å². The van der Waals surface area contributed by atoms with E-state index in [0.29, 0.717) is 29.2 Å². The summed E-state index contributed by atoms with van der Waals surface area (Å²) in [7, 11) is 0. The van der Waals surface area contributed by atoms with Crippen molar-refractivity contribution in [1.29, 1.82) is 5.26 Å². The maximum Gasteiger partial charge on any atom is 0.343 e. The first kappa shape index (κ1) is 18.8. The highest BCUT2D eigenvalue weighted by Gasteiger charge is 2.38. The van der Waals surface area contributed by atoms with Gasteiger partial charge in [-0.3, -0.25) is 0 Å². The van der Waals surface area contributed by atoms with Gasteiger partial charge in [0.25, 0.3) is 0 Å². The third kappa shape index (κ3) is 3.24. The number of nitrogens with zero attached hydrogens (tertiary/aromatic N) is 1. The third-order valence-corrected chi connectivity index (χ3v) is 5.38. The summed E-state index contributed by atoms with van der Waals surface area (Å²) in [5, 5.41) is 9.71. The maximum absolute atomic E-state index is 12.4. The lowest BCUT2D eigenvalue weighted by Gasteiger charge is -2.25. The second kappa shape index (κ2) is 7.72. The lowest BCUT2D eigenvalue weighted by molar-refractivity contribution is 0.0522. The Morgan fingerprint density at radius 1 is 1.33 bits per heavy atom. The number of allylic oxidation sites excluding steroid dienone is 1.